The van der Waals surface area contributed by atoms with Crippen LogP contribution in [0.25, 0.3) is 0 Å². The smallest absolute Gasteiger partial charge is 0.303 e. The van der Waals surface area contributed by atoms with Crippen molar-refractivity contribution >= 4 is 21.9 Å². The maximum Gasteiger partial charge on any atom is 0.303 e. The summed E-state index contributed by atoms with van der Waals surface area (Å²) in [4.78, 5) is 15.1. The Morgan fingerprint density at radius 2 is 2.16 bits per heavy atom. The lowest BCUT2D eigenvalue weighted by Crippen LogP contribution is -2.09. The first kappa shape index (κ1) is 13.7. The van der Waals surface area contributed by atoms with Gasteiger partial charge in [0.1, 0.15) is 0 Å². The number of carbonyl (C=O) groups is 1. The molecule has 98 valence electrons. The van der Waals surface area contributed by atoms with Crippen LogP contribution in [0, 0.1) is 0 Å². The molecule has 4 heteroatoms. The van der Waals surface area contributed by atoms with Gasteiger partial charge in [-0.15, -0.1) is 0 Å². The molecule has 2 aromatic rings. The summed E-state index contributed by atoms with van der Waals surface area (Å²) in [5.41, 5.74) is 2.08. The number of rotatable bonds is 5. The molecule has 0 aliphatic carbocycles. The summed E-state index contributed by atoms with van der Waals surface area (Å²) >= 11 is 3.43. The maximum atomic E-state index is 11.0. The van der Waals surface area contributed by atoms with E-state index in [9.17, 15) is 4.79 Å². The van der Waals surface area contributed by atoms with Gasteiger partial charge in [0, 0.05) is 16.9 Å². The summed E-state index contributed by atoms with van der Waals surface area (Å²) in [6.07, 6.45) is 4.24. The first-order valence-corrected chi connectivity index (χ1v) is 6.80. The van der Waals surface area contributed by atoms with Gasteiger partial charge in [0.25, 0.3) is 0 Å². The van der Waals surface area contributed by atoms with Gasteiger partial charge < -0.3 is 5.11 Å². The van der Waals surface area contributed by atoms with Crippen molar-refractivity contribution in [1.82, 2.24) is 4.98 Å². The Balaban J connectivity index is 2.21. The molecule has 0 fully saturated rings. The Morgan fingerprint density at radius 3 is 2.79 bits per heavy atom. The van der Waals surface area contributed by atoms with Gasteiger partial charge in [0.05, 0.1) is 6.42 Å². The molecule has 0 radical (unpaired) electrons. The number of nitrogens with zero attached hydrogens (tertiary/aromatic N) is 1. The summed E-state index contributed by atoms with van der Waals surface area (Å²) in [5, 5.41) is 9.05. The van der Waals surface area contributed by atoms with E-state index < -0.39 is 5.97 Å². The standard InChI is InChI=1S/C15H14BrNO2/c16-14-5-1-3-11(8-14)7-13(9-15(18)19)12-4-2-6-17-10-12/h1-6,8,10,13H,7,9H2,(H,18,19). The SMILES string of the molecule is O=C(O)CC(Cc1cccc(Br)c1)c1cccnc1. The summed E-state index contributed by atoms with van der Waals surface area (Å²) in [5.74, 6) is -0.843. The third kappa shape index (κ3) is 4.17. The van der Waals surface area contributed by atoms with Crippen molar-refractivity contribution in [3.05, 3.63) is 64.4 Å². The molecule has 1 aromatic carbocycles. The number of hydrogen-bond acceptors (Lipinski definition) is 2. The zero-order valence-electron chi connectivity index (χ0n) is 10.3. The molecule has 1 atom stereocenters. The van der Waals surface area contributed by atoms with Gasteiger partial charge >= 0.3 is 5.97 Å². The number of hydrogen-bond donors (Lipinski definition) is 1. The van der Waals surface area contributed by atoms with E-state index in [-0.39, 0.29) is 12.3 Å². The van der Waals surface area contributed by atoms with Gasteiger partial charge in [-0.1, -0.05) is 34.1 Å². The minimum absolute atomic E-state index is 0.0551. The van der Waals surface area contributed by atoms with Gasteiger partial charge in [0.15, 0.2) is 0 Å². The molecule has 1 unspecified atom stereocenters. The molecule has 0 bridgehead atoms. The molecule has 19 heavy (non-hydrogen) atoms. The highest BCUT2D eigenvalue weighted by atomic mass is 79.9. The fourth-order valence-electron chi connectivity index (χ4n) is 2.08. The largest absolute Gasteiger partial charge is 0.481 e. The summed E-state index contributed by atoms with van der Waals surface area (Å²) < 4.78 is 1.00. The highest BCUT2D eigenvalue weighted by molar-refractivity contribution is 9.10. The average molecular weight is 320 g/mol. The van der Waals surface area contributed by atoms with E-state index in [0.29, 0.717) is 6.42 Å². The Bertz CT molecular complexity index is 557. The monoisotopic (exact) mass is 319 g/mol. The second-order valence-corrected chi connectivity index (χ2v) is 5.33. The number of carboxylic acid groups (broad SMARTS) is 1. The molecule has 1 heterocycles. The lowest BCUT2D eigenvalue weighted by atomic mass is 9.90. The minimum Gasteiger partial charge on any atom is -0.481 e. The van der Waals surface area contributed by atoms with E-state index in [4.69, 9.17) is 5.11 Å². The zero-order chi connectivity index (χ0) is 13.7. The molecule has 1 N–H and O–H groups in total. The van der Waals surface area contributed by atoms with Crippen molar-refractivity contribution < 1.29 is 9.90 Å². The molecule has 0 spiro atoms. The Morgan fingerprint density at radius 1 is 1.32 bits per heavy atom. The predicted molar refractivity (Wildman–Crippen MR) is 77.1 cm³/mol. The summed E-state index contributed by atoms with van der Waals surface area (Å²) in [6.45, 7) is 0. The number of benzene rings is 1. The van der Waals surface area contributed by atoms with Crippen LogP contribution >= 0.6 is 15.9 Å². The van der Waals surface area contributed by atoms with Crippen molar-refractivity contribution in [3.63, 3.8) is 0 Å². The molecule has 0 saturated heterocycles. The number of pyridine rings is 1. The van der Waals surface area contributed by atoms with E-state index in [2.05, 4.69) is 20.9 Å². The van der Waals surface area contributed by atoms with Gasteiger partial charge in [0.2, 0.25) is 0 Å². The molecule has 0 aliphatic rings. The van der Waals surface area contributed by atoms with Crippen LogP contribution in [0.2, 0.25) is 0 Å². The van der Waals surface area contributed by atoms with Crippen molar-refractivity contribution in [1.29, 1.82) is 0 Å². The van der Waals surface area contributed by atoms with Crippen LogP contribution < -0.4 is 0 Å². The van der Waals surface area contributed by atoms with Crippen LogP contribution in [0.3, 0.4) is 0 Å². The van der Waals surface area contributed by atoms with Crippen molar-refractivity contribution in [2.45, 2.75) is 18.8 Å². The van der Waals surface area contributed by atoms with E-state index in [1.54, 1.807) is 12.4 Å². The molecule has 3 nitrogen and oxygen atoms in total. The third-order valence-corrected chi connectivity index (χ3v) is 3.44. The second-order valence-electron chi connectivity index (χ2n) is 4.42. The van der Waals surface area contributed by atoms with E-state index >= 15 is 0 Å². The van der Waals surface area contributed by atoms with Crippen molar-refractivity contribution in [3.8, 4) is 0 Å². The molecular weight excluding hydrogens is 306 g/mol. The first-order chi connectivity index (χ1) is 9.15. The minimum atomic E-state index is -0.788. The Labute approximate surface area is 120 Å². The molecule has 2 rings (SSSR count). The topological polar surface area (TPSA) is 50.2 Å². The molecule has 1 aromatic heterocycles. The van der Waals surface area contributed by atoms with Crippen LogP contribution in [0.1, 0.15) is 23.5 Å². The van der Waals surface area contributed by atoms with Gasteiger partial charge in [-0.05, 0) is 41.7 Å². The molecule has 0 aliphatic heterocycles. The zero-order valence-corrected chi connectivity index (χ0v) is 11.9. The number of aliphatic carboxylic acids is 1. The number of carboxylic acids is 1. The average Bonchev–Trinajstić information content (AvgIpc) is 2.38. The fraction of sp³-hybridized carbons (Fsp3) is 0.200. The molecule has 0 saturated carbocycles. The second kappa shape index (κ2) is 6.48. The maximum absolute atomic E-state index is 11.0. The lowest BCUT2D eigenvalue weighted by molar-refractivity contribution is -0.137. The highest BCUT2D eigenvalue weighted by Gasteiger charge is 2.16. The summed E-state index contributed by atoms with van der Waals surface area (Å²) in [7, 11) is 0. The third-order valence-electron chi connectivity index (χ3n) is 2.95. The Kier molecular flexibility index (Phi) is 4.68. The van der Waals surface area contributed by atoms with Crippen LogP contribution in [-0.4, -0.2) is 16.1 Å². The number of halogens is 1. The predicted octanol–water partition coefficient (Wildman–Crippen LogP) is 3.65. The van der Waals surface area contributed by atoms with Crippen molar-refractivity contribution in [2.24, 2.45) is 0 Å². The lowest BCUT2D eigenvalue weighted by Gasteiger charge is -2.15. The van der Waals surface area contributed by atoms with Crippen LogP contribution in [-0.2, 0) is 11.2 Å². The van der Waals surface area contributed by atoms with Crippen LogP contribution in [0.5, 0.6) is 0 Å². The normalized spacial score (nSPS) is 12.1. The van der Waals surface area contributed by atoms with Crippen LogP contribution in [0.4, 0.5) is 0 Å². The number of aromatic nitrogens is 1. The molecule has 0 amide bonds. The fourth-order valence-corrected chi connectivity index (χ4v) is 2.53. The van der Waals surface area contributed by atoms with E-state index in [0.717, 1.165) is 15.6 Å². The Hall–Kier alpha value is -1.68. The summed E-state index contributed by atoms with van der Waals surface area (Å²) in [6, 6.07) is 11.7. The van der Waals surface area contributed by atoms with E-state index in [1.807, 2.05) is 36.4 Å². The van der Waals surface area contributed by atoms with Crippen molar-refractivity contribution in [2.75, 3.05) is 0 Å². The molecular formula is C15H14BrNO2. The van der Waals surface area contributed by atoms with Gasteiger partial charge in [-0.2, -0.15) is 0 Å². The highest BCUT2D eigenvalue weighted by Crippen LogP contribution is 2.25. The first-order valence-electron chi connectivity index (χ1n) is 6.01. The van der Waals surface area contributed by atoms with Gasteiger partial charge in [-0.3, -0.25) is 9.78 Å². The van der Waals surface area contributed by atoms with E-state index in [1.165, 1.54) is 0 Å². The quantitative estimate of drug-likeness (QED) is 0.915. The van der Waals surface area contributed by atoms with Gasteiger partial charge in [-0.25, -0.2) is 0 Å². The van der Waals surface area contributed by atoms with Crippen LogP contribution in [0.15, 0.2) is 53.3 Å².